The van der Waals surface area contributed by atoms with Gasteiger partial charge in [0.25, 0.3) is 11.5 Å². The van der Waals surface area contributed by atoms with E-state index in [1.54, 1.807) is 45.9 Å². The van der Waals surface area contributed by atoms with Gasteiger partial charge in [0.1, 0.15) is 23.3 Å². The number of hydrogen-bond acceptors (Lipinski definition) is 11. The summed E-state index contributed by atoms with van der Waals surface area (Å²) >= 11 is 0. The van der Waals surface area contributed by atoms with Crippen LogP contribution in [0.1, 0.15) is 24.8 Å². The molecule has 0 radical (unpaired) electrons. The number of carbonyl (C=O) groups is 2. The highest BCUT2D eigenvalue weighted by Crippen LogP contribution is 2.39. The third-order valence-corrected chi connectivity index (χ3v) is 8.67. The van der Waals surface area contributed by atoms with Crippen molar-refractivity contribution in [2.24, 2.45) is 0 Å². The second-order valence-electron chi connectivity index (χ2n) is 11.4. The average molecular weight is 628 g/mol. The van der Waals surface area contributed by atoms with Gasteiger partial charge in [-0.2, -0.15) is 4.98 Å². The number of amides is 2. The van der Waals surface area contributed by atoms with Crippen LogP contribution in [0.15, 0.2) is 59.5 Å². The van der Waals surface area contributed by atoms with Gasteiger partial charge >= 0.3 is 12.1 Å². The molecule has 0 spiro atoms. The van der Waals surface area contributed by atoms with E-state index in [0.717, 1.165) is 23.1 Å². The number of carbonyl (C=O) groups excluding carboxylic acids is 2. The maximum absolute atomic E-state index is 13.2. The Kier molecular flexibility index (Phi) is 7.86. The first-order valence-corrected chi connectivity index (χ1v) is 15.1. The molecule has 1 saturated carbocycles. The quantitative estimate of drug-likeness (QED) is 0.292. The first-order valence-electron chi connectivity index (χ1n) is 15.1. The molecule has 14 nitrogen and oxygen atoms in total. The molecule has 238 valence electrons. The van der Waals surface area contributed by atoms with Crippen LogP contribution in [-0.4, -0.2) is 77.1 Å². The third-order valence-electron chi connectivity index (χ3n) is 8.67. The summed E-state index contributed by atoms with van der Waals surface area (Å²) in [7, 11) is 3.08. The summed E-state index contributed by atoms with van der Waals surface area (Å²) in [6, 6.07) is 14.2. The van der Waals surface area contributed by atoms with Crippen molar-refractivity contribution in [3.63, 3.8) is 0 Å². The van der Waals surface area contributed by atoms with E-state index in [9.17, 15) is 14.4 Å². The molecule has 1 aromatic carbocycles. The summed E-state index contributed by atoms with van der Waals surface area (Å²) in [6.45, 7) is 1.13. The van der Waals surface area contributed by atoms with E-state index in [-0.39, 0.29) is 42.3 Å². The van der Waals surface area contributed by atoms with Gasteiger partial charge in [0, 0.05) is 43.2 Å². The highest BCUT2D eigenvalue weighted by Gasteiger charge is 2.47. The highest BCUT2D eigenvalue weighted by molar-refractivity contribution is 5.97. The zero-order valence-electron chi connectivity index (χ0n) is 25.4. The third kappa shape index (κ3) is 5.55. The molecular formula is C32H33N7O7. The van der Waals surface area contributed by atoms with Gasteiger partial charge in [0.15, 0.2) is 18.2 Å². The van der Waals surface area contributed by atoms with Crippen molar-refractivity contribution in [2.75, 3.05) is 37.2 Å². The Morgan fingerprint density at radius 2 is 1.83 bits per heavy atom. The molecule has 2 aliphatic heterocycles. The average Bonchev–Trinajstić information content (AvgIpc) is 3.41. The molecule has 2 fully saturated rings. The van der Waals surface area contributed by atoms with Crippen LogP contribution in [0, 0.1) is 0 Å². The summed E-state index contributed by atoms with van der Waals surface area (Å²) in [5, 5.41) is 4.27. The summed E-state index contributed by atoms with van der Waals surface area (Å²) < 4.78 is 23.5. The fourth-order valence-electron chi connectivity index (χ4n) is 6.33. The molecule has 4 aromatic rings. The number of ether oxygens (including phenoxy) is 4. The van der Waals surface area contributed by atoms with Gasteiger partial charge in [-0.05, 0) is 48.7 Å². The fraction of sp³-hybridized carbons (Fsp3) is 0.375. The minimum atomic E-state index is -0.469. The number of methoxy groups -OCH3 is 2. The number of fused-ring (bicyclic) bond motifs is 3. The van der Waals surface area contributed by atoms with Gasteiger partial charge in [-0.1, -0.05) is 12.1 Å². The number of hydrogen-bond donors (Lipinski definition) is 1. The van der Waals surface area contributed by atoms with Crippen LogP contribution in [-0.2, 0) is 22.6 Å². The Bertz CT molecular complexity index is 1850. The molecule has 5 heterocycles. The second kappa shape index (κ2) is 12.3. The Labute approximate surface area is 263 Å². The standard InChI is InChI=1S/C32H33N7O7/c1-43-22-7-3-19(4-8-22)17-38-28(41)18-45-24-10-11-26(35-30(24)38)39-23-9-6-21(15-25(23)46-32(39)42)33-13-14-37-27(40)12-5-20-16-34-31(44-2)36-29(20)37/h3-5,7-8,10-12,16,21,23,25,33H,6,9,13-15,17-18H2,1-2H3/t21-,23-,25-/m1/s1. The first kappa shape index (κ1) is 29.5. The highest BCUT2D eigenvalue weighted by atomic mass is 16.6. The SMILES string of the molecule is COc1ccc(CN2C(=O)COc3ccc(N4C(=O)O[C@@H]5C[C@H](NCCn6c(=O)ccc7cnc(OC)nc76)CC[C@H]54)nc32)cc1. The number of benzene rings is 1. The van der Waals surface area contributed by atoms with Gasteiger partial charge in [-0.15, -0.1) is 0 Å². The number of rotatable bonds is 9. The molecule has 1 aliphatic carbocycles. The molecule has 1 N–H and O–H groups in total. The van der Waals surface area contributed by atoms with E-state index >= 15 is 0 Å². The van der Waals surface area contributed by atoms with Crippen molar-refractivity contribution in [3.05, 3.63) is 70.6 Å². The maximum atomic E-state index is 13.2. The monoisotopic (exact) mass is 627 g/mol. The molecule has 7 rings (SSSR count). The van der Waals surface area contributed by atoms with Crippen molar-refractivity contribution in [1.82, 2.24) is 24.8 Å². The van der Waals surface area contributed by atoms with Crippen molar-refractivity contribution in [2.45, 2.75) is 50.5 Å². The smallest absolute Gasteiger partial charge is 0.416 e. The van der Waals surface area contributed by atoms with Gasteiger partial charge < -0.3 is 24.3 Å². The molecule has 14 heteroatoms. The maximum Gasteiger partial charge on any atom is 0.416 e. The van der Waals surface area contributed by atoms with Gasteiger partial charge in [0.2, 0.25) is 0 Å². The van der Waals surface area contributed by atoms with Crippen LogP contribution in [0.5, 0.6) is 17.5 Å². The molecule has 0 bridgehead atoms. The van der Waals surface area contributed by atoms with Gasteiger partial charge in [-0.3, -0.25) is 24.0 Å². The lowest BCUT2D eigenvalue weighted by atomic mass is 9.88. The van der Waals surface area contributed by atoms with E-state index in [1.165, 1.54) is 13.2 Å². The van der Waals surface area contributed by atoms with Crippen molar-refractivity contribution >= 4 is 34.7 Å². The number of anilines is 2. The molecule has 3 aromatic heterocycles. The van der Waals surface area contributed by atoms with Crippen LogP contribution in [0.4, 0.5) is 16.4 Å². The van der Waals surface area contributed by atoms with Crippen molar-refractivity contribution in [3.8, 4) is 17.5 Å². The Balaban J connectivity index is 1.03. The van der Waals surface area contributed by atoms with E-state index in [0.29, 0.717) is 55.5 Å². The number of pyridine rings is 2. The second-order valence-corrected chi connectivity index (χ2v) is 11.4. The fourth-order valence-corrected chi connectivity index (χ4v) is 6.33. The molecule has 3 atom stereocenters. The van der Waals surface area contributed by atoms with E-state index in [4.69, 9.17) is 23.9 Å². The summed E-state index contributed by atoms with van der Waals surface area (Å²) in [5.41, 5.74) is 1.25. The zero-order chi connectivity index (χ0) is 31.8. The lowest BCUT2D eigenvalue weighted by Gasteiger charge is -2.33. The minimum absolute atomic E-state index is 0.0892. The number of nitrogens with zero attached hydrogens (tertiary/aromatic N) is 6. The summed E-state index contributed by atoms with van der Waals surface area (Å²) in [6.07, 6.45) is 2.93. The van der Waals surface area contributed by atoms with E-state index in [1.807, 2.05) is 24.3 Å². The van der Waals surface area contributed by atoms with Gasteiger partial charge in [0.05, 0.1) is 26.8 Å². The first-order chi connectivity index (χ1) is 22.4. The topological polar surface area (TPSA) is 150 Å². The predicted molar refractivity (Wildman–Crippen MR) is 166 cm³/mol. The molecule has 46 heavy (non-hydrogen) atoms. The molecule has 0 unspecified atom stereocenters. The van der Waals surface area contributed by atoms with Gasteiger partial charge in [-0.25, -0.2) is 14.8 Å². The Hall–Kier alpha value is -5.24. The number of aromatic nitrogens is 4. The molecule has 3 aliphatic rings. The molecule has 2 amide bonds. The Morgan fingerprint density at radius 3 is 2.63 bits per heavy atom. The Morgan fingerprint density at radius 1 is 0.978 bits per heavy atom. The zero-order valence-corrected chi connectivity index (χ0v) is 25.4. The van der Waals surface area contributed by atoms with Crippen LogP contribution < -0.4 is 34.9 Å². The largest absolute Gasteiger partial charge is 0.497 e. The number of nitrogens with one attached hydrogen (secondary N) is 1. The molecule has 1 saturated heterocycles. The lowest BCUT2D eigenvalue weighted by molar-refractivity contribution is -0.121. The normalized spacial score (nSPS) is 20.6. The van der Waals surface area contributed by atoms with Crippen molar-refractivity contribution in [1.29, 1.82) is 0 Å². The van der Waals surface area contributed by atoms with Crippen LogP contribution in [0.2, 0.25) is 0 Å². The van der Waals surface area contributed by atoms with Crippen molar-refractivity contribution < 1.29 is 28.5 Å². The summed E-state index contributed by atoms with van der Waals surface area (Å²) in [5.74, 6) is 1.75. The summed E-state index contributed by atoms with van der Waals surface area (Å²) in [4.78, 5) is 55.2. The molecular weight excluding hydrogens is 594 g/mol. The van der Waals surface area contributed by atoms with Crippen LogP contribution >= 0.6 is 0 Å². The lowest BCUT2D eigenvalue weighted by Crippen LogP contribution is -2.47. The van der Waals surface area contributed by atoms with Crippen LogP contribution in [0.25, 0.3) is 11.0 Å². The van der Waals surface area contributed by atoms with Crippen LogP contribution in [0.3, 0.4) is 0 Å². The van der Waals surface area contributed by atoms with E-state index in [2.05, 4.69) is 15.3 Å². The van der Waals surface area contributed by atoms with E-state index < -0.39 is 6.09 Å². The predicted octanol–water partition coefficient (Wildman–Crippen LogP) is 2.67. The minimum Gasteiger partial charge on any atom is -0.497 e.